The van der Waals surface area contributed by atoms with Crippen LogP contribution >= 0.6 is 0 Å². The summed E-state index contributed by atoms with van der Waals surface area (Å²) in [6, 6.07) is 0. The zero-order chi connectivity index (χ0) is 6.69. The molecule has 1 atom stereocenters. The Balaban J connectivity index is 2.21. The Kier molecular flexibility index (Phi) is 2.05. The van der Waals surface area contributed by atoms with E-state index < -0.39 is 0 Å². The largest absolute Gasteiger partial charge is 0.391 e. The van der Waals surface area contributed by atoms with Crippen LogP contribution in [0.2, 0.25) is 0 Å². The number of hydrogen-bond acceptors (Lipinski definition) is 3. The Bertz CT molecular complexity index is 122. The molecule has 0 bridgehead atoms. The Morgan fingerprint density at radius 2 is 2.67 bits per heavy atom. The minimum atomic E-state index is 0.273. The lowest BCUT2D eigenvalue weighted by Crippen LogP contribution is -2.23. The predicted molar refractivity (Wildman–Crippen MR) is 36.5 cm³/mol. The van der Waals surface area contributed by atoms with E-state index in [0.29, 0.717) is 0 Å². The molecule has 0 saturated carbocycles. The van der Waals surface area contributed by atoms with Crippen LogP contribution in [0.1, 0.15) is 13.3 Å². The lowest BCUT2D eigenvalue weighted by Gasteiger charge is -2.04. The minimum Gasteiger partial charge on any atom is -0.391 e. The van der Waals surface area contributed by atoms with Crippen molar-refractivity contribution in [3.63, 3.8) is 0 Å². The summed E-state index contributed by atoms with van der Waals surface area (Å²) in [6.45, 7) is 2.87. The number of rotatable bonds is 2. The lowest BCUT2D eigenvalue weighted by molar-refractivity contribution is 0.0866. The van der Waals surface area contributed by atoms with Gasteiger partial charge in [0.25, 0.3) is 0 Å². The molecule has 0 aliphatic carbocycles. The van der Waals surface area contributed by atoms with Gasteiger partial charge in [-0.3, -0.25) is 0 Å². The number of nitrogens with one attached hydrogen (secondary N) is 1. The predicted octanol–water partition coefficient (Wildman–Crippen LogP) is 0.371. The van der Waals surface area contributed by atoms with Gasteiger partial charge in [-0.25, -0.2) is 0 Å². The number of nitrogens with zero attached hydrogens (tertiary/aromatic N) is 1. The van der Waals surface area contributed by atoms with Crippen molar-refractivity contribution in [1.82, 2.24) is 5.32 Å². The first-order valence-corrected chi connectivity index (χ1v) is 3.17. The van der Waals surface area contributed by atoms with E-state index in [2.05, 4.69) is 10.5 Å². The summed E-state index contributed by atoms with van der Waals surface area (Å²) in [5, 5.41) is 6.84. The van der Waals surface area contributed by atoms with Crippen molar-refractivity contribution in [3.05, 3.63) is 0 Å². The maximum absolute atomic E-state index is 5.03. The van der Waals surface area contributed by atoms with Crippen molar-refractivity contribution in [2.45, 2.75) is 19.4 Å². The quantitative estimate of drug-likeness (QED) is 0.583. The van der Waals surface area contributed by atoms with E-state index in [9.17, 15) is 0 Å². The highest BCUT2D eigenvalue weighted by atomic mass is 16.6. The standard InChI is InChI=1S/C6H12N2O/c1-5-3-6(4-7-2)9-8-5/h6-7H,3-4H2,1-2H3/t6-/m1/s1. The van der Waals surface area contributed by atoms with Gasteiger partial charge in [-0.2, -0.15) is 0 Å². The molecule has 0 fully saturated rings. The number of hydrogen-bond donors (Lipinski definition) is 1. The molecule has 0 aromatic heterocycles. The van der Waals surface area contributed by atoms with Crippen LogP contribution < -0.4 is 5.32 Å². The van der Waals surface area contributed by atoms with Crippen LogP contribution in [0, 0.1) is 0 Å². The van der Waals surface area contributed by atoms with Crippen LogP contribution in [-0.2, 0) is 4.84 Å². The molecule has 52 valence electrons. The van der Waals surface area contributed by atoms with Crippen LogP contribution in [0.25, 0.3) is 0 Å². The number of likely N-dealkylation sites (N-methyl/N-ethyl adjacent to an activating group) is 1. The molecule has 0 aromatic carbocycles. The summed E-state index contributed by atoms with van der Waals surface area (Å²) < 4.78 is 0. The molecule has 1 aliphatic rings. The summed E-state index contributed by atoms with van der Waals surface area (Å²) in [4.78, 5) is 5.03. The van der Waals surface area contributed by atoms with Gasteiger partial charge in [-0.1, -0.05) is 5.16 Å². The summed E-state index contributed by atoms with van der Waals surface area (Å²) in [5.74, 6) is 0. The van der Waals surface area contributed by atoms with E-state index in [-0.39, 0.29) is 6.10 Å². The Labute approximate surface area is 55.1 Å². The molecule has 0 saturated heterocycles. The van der Waals surface area contributed by atoms with Gasteiger partial charge >= 0.3 is 0 Å². The molecule has 1 heterocycles. The average Bonchev–Trinajstić information content (AvgIpc) is 2.17. The van der Waals surface area contributed by atoms with Crippen LogP contribution in [0.3, 0.4) is 0 Å². The van der Waals surface area contributed by atoms with Crippen LogP contribution in [0.4, 0.5) is 0 Å². The molecule has 3 nitrogen and oxygen atoms in total. The van der Waals surface area contributed by atoms with E-state index in [1.165, 1.54) is 0 Å². The lowest BCUT2D eigenvalue weighted by atomic mass is 10.2. The summed E-state index contributed by atoms with van der Waals surface area (Å²) >= 11 is 0. The van der Waals surface area contributed by atoms with E-state index in [1.54, 1.807) is 0 Å². The Morgan fingerprint density at radius 1 is 1.89 bits per heavy atom. The Morgan fingerprint density at radius 3 is 3.11 bits per heavy atom. The fourth-order valence-corrected chi connectivity index (χ4v) is 0.906. The first-order chi connectivity index (χ1) is 4.33. The third-order valence-electron chi connectivity index (χ3n) is 1.31. The van der Waals surface area contributed by atoms with Gasteiger partial charge in [0.15, 0.2) is 0 Å². The van der Waals surface area contributed by atoms with Crippen LogP contribution in [-0.4, -0.2) is 25.4 Å². The van der Waals surface area contributed by atoms with E-state index >= 15 is 0 Å². The van der Waals surface area contributed by atoms with Gasteiger partial charge in [0.2, 0.25) is 0 Å². The maximum Gasteiger partial charge on any atom is 0.145 e. The van der Waals surface area contributed by atoms with Gasteiger partial charge in [-0.05, 0) is 14.0 Å². The summed E-state index contributed by atoms with van der Waals surface area (Å²) in [6.07, 6.45) is 1.25. The average molecular weight is 128 g/mol. The highest BCUT2D eigenvalue weighted by Gasteiger charge is 2.15. The second-order valence-electron chi connectivity index (χ2n) is 2.32. The van der Waals surface area contributed by atoms with E-state index in [4.69, 9.17) is 4.84 Å². The monoisotopic (exact) mass is 128 g/mol. The molecule has 0 amide bonds. The zero-order valence-corrected chi connectivity index (χ0v) is 5.85. The second-order valence-corrected chi connectivity index (χ2v) is 2.32. The smallest absolute Gasteiger partial charge is 0.145 e. The number of oxime groups is 1. The Hall–Kier alpha value is -0.570. The normalized spacial score (nSPS) is 25.6. The molecule has 1 aliphatic heterocycles. The maximum atomic E-state index is 5.03. The second kappa shape index (κ2) is 2.82. The summed E-state index contributed by atoms with van der Waals surface area (Å²) in [7, 11) is 1.91. The van der Waals surface area contributed by atoms with Crippen molar-refractivity contribution in [2.75, 3.05) is 13.6 Å². The van der Waals surface area contributed by atoms with Crippen molar-refractivity contribution in [3.8, 4) is 0 Å². The van der Waals surface area contributed by atoms with Crippen molar-refractivity contribution in [1.29, 1.82) is 0 Å². The van der Waals surface area contributed by atoms with Crippen molar-refractivity contribution >= 4 is 5.71 Å². The van der Waals surface area contributed by atoms with Gasteiger partial charge in [0.1, 0.15) is 6.10 Å². The SMILES string of the molecule is CNC[C@H]1CC(C)=NO1. The molecular weight excluding hydrogens is 116 g/mol. The van der Waals surface area contributed by atoms with E-state index in [1.807, 2.05) is 14.0 Å². The van der Waals surface area contributed by atoms with E-state index in [0.717, 1.165) is 18.7 Å². The van der Waals surface area contributed by atoms with Gasteiger partial charge in [-0.15, -0.1) is 0 Å². The summed E-state index contributed by atoms with van der Waals surface area (Å²) in [5.41, 5.74) is 1.09. The third kappa shape index (κ3) is 1.68. The molecule has 0 unspecified atom stereocenters. The van der Waals surface area contributed by atoms with Crippen LogP contribution in [0.5, 0.6) is 0 Å². The van der Waals surface area contributed by atoms with Crippen molar-refractivity contribution in [2.24, 2.45) is 5.16 Å². The fourth-order valence-electron chi connectivity index (χ4n) is 0.906. The molecular formula is C6H12N2O. The van der Waals surface area contributed by atoms with Crippen molar-refractivity contribution < 1.29 is 4.84 Å². The topological polar surface area (TPSA) is 33.6 Å². The molecule has 9 heavy (non-hydrogen) atoms. The molecule has 0 spiro atoms. The third-order valence-corrected chi connectivity index (χ3v) is 1.31. The minimum absolute atomic E-state index is 0.273. The molecule has 0 aromatic rings. The van der Waals surface area contributed by atoms with Gasteiger partial charge < -0.3 is 10.2 Å². The molecule has 0 radical (unpaired) electrons. The van der Waals surface area contributed by atoms with Gasteiger partial charge in [0.05, 0.1) is 5.71 Å². The molecule has 3 heteroatoms. The first kappa shape index (κ1) is 6.55. The zero-order valence-electron chi connectivity index (χ0n) is 5.85. The molecule has 1 N–H and O–H groups in total. The first-order valence-electron chi connectivity index (χ1n) is 3.17. The van der Waals surface area contributed by atoms with Gasteiger partial charge in [0, 0.05) is 13.0 Å². The highest BCUT2D eigenvalue weighted by molar-refractivity contribution is 5.82. The highest BCUT2D eigenvalue weighted by Crippen LogP contribution is 2.07. The van der Waals surface area contributed by atoms with Crippen LogP contribution in [0.15, 0.2) is 5.16 Å². The molecule has 1 rings (SSSR count). The fraction of sp³-hybridized carbons (Fsp3) is 0.833.